The molecule has 3 aromatic rings. The van der Waals surface area contributed by atoms with E-state index in [1.807, 2.05) is 0 Å². The first kappa shape index (κ1) is 26.5. The summed E-state index contributed by atoms with van der Waals surface area (Å²) in [4.78, 5) is 20.3. The van der Waals surface area contributed by atoms with Crippen molar-refractivity contribution in [3.05, 3.63) is 104 Å². The van der Waals surface area contributed by atoms with Gasteiger partial charge < -0.3 is 10.2 Å². The quantitative estimate of drug-likeness (QED) is 0.412. The molecule has 0 saturated carbocycles. The Labute approximate surface area is 190 Å². The van der Waals surface area contributed by atoms with Crippen LogP contribution < -0.4 is 0 Å². The molecular formula is C21H14Cl3F3O4. The zero-order chi connectivity index (χ0) is 23.6. The number of hydrogen-bond donors (Lipinski definition) is 2. The molecule has 0 fully saturated rings. The van der Waals surface area contributed by atoms with Crippen molar-refractivity contribution in [2.24, 2.45) is 0 Å². The monoisotopic (exact) mass is 492 g/mol. The lowest BCUT2D eigenvalue weighted by Crippen LogP contribution is -1.99. The third-order valence-corrected chi connectivity index (χ3v) is 4.14. The number of carboxylic acid groups (broad SMARTS) is 1. The highest BCUT2D eigenvalue weighted by Crippen LogP contribution is 2.15. The van der Waals surface area contributed by atoms with Gasteiger partial charge in [-0.1, -0.05) is 40.9 Å². The summed E-state index contributed by atoms with van der Waals surface area (Å²) in [6, 6.07) is 11.5. The largest absolute Gasteiger partial charge is 0.478 e. The molecule has 3 aromatic carbocycles. The number of aromatic carboxylic acids is 1. The summed E-state index contributed by atoms with van der Waals surface area (Å²) in [5.74, 6) is -3.15. The van der Waals surface area contributed by atoms with E-state index >= 15 is 0 Å². The molecule has 0 radical (unpaired) electrons. The van der Waals surface area contributed by atoms with E-state index in [0.29, 0.717) is 16.3 Å². The molecule has 0 aliphatic rings. The van der Waals surface area contributed by atoms with Gasteiger partial charge in [0.1, 0.15) is 17.5 Å². The summed E-state index contributed by atoms with van der Waals surface area (Å²) in [5.41, 5.74) is -0.0665. The normalized spacial score (nSPS) is 9.65. The van der Waals surface area contributed by atoms with E-state index in [9.17, 15) is 22.8 Å². The van der Waals surface area contributed by atoms with Crippen molar-refractivity contribution in [3.8, 4) is 0 Å². The molecule has 0 spiro atoms. The number of carboxylic acids is 1. The number of benzene rings is 3. The highest BCUT2D eigenvalue weighted by molar-refractivity contribution is 6.31. The van der Waals surface area contributed by atoms with Crippen LogP contribution in [-0.2, 0) is 6.61 Å². The zero-order valence-electron chi connectivity index (χ0n) is 15.5. The first-order valence-electron chi connectivity index (χ1n) is 8.22. The maximum atomic E-state index is 12.6. The lowest BCUT2D eigenvalue weighted by Gasteiger charge is -1.96. The number of hydrogen-bond acceptors (Lipinski definition) is 3. The number of aldehydes is 1. The number of halogens is 6. The fourth-order valence-corrected chi connectivity index (χ4v) is 2.39. The van der Waals surface area contributed by atoms with Crippen molar-refractivity contribution in [3.63, 3.8) is 0 Å². The van der Waals surface area contributed by atoms with Crippen molar-refractivity contribution >= 4 is 47.1 Å². The van der Waals surface area contributed by atoms with E-state index in [1.54, 1.807) is 0 Å². The topological polar surface area (TPSA) is 74.6 Å². The fraction of sp³-hybridized carbons (Fsp3) is 0.0476. The molecule has 3 rings (SSSR count). The number of rotatable bonds is 3. The summed E-state index contributed by atoms with van der Waals surface area (Å²) in [7, 11) is 0. The van der Waals surface area contributed by atoms with Gasteiger partial charge in [-0.15, -0.1) is 0 Å². The summed E-state index contributed by atoms with van der Waals surface area (Å²) < 4.78 is 37.8. The van der Waals surface area contributed by atoms with Crippen molar-refractivity contribution in [1.82, 2.24) is 0 Å². The molecule has 0 atom stereocenters. The van der Waals surface area contributed by atoms with Gasteiger partial charge in [-0.25, -0.2) is 18.0 Å². The summed E-state index contributed by atoms with van der Waals surface area (Å²) in [6.07, 6.45) is 0.450. The van der Waals surface area contributed by atoms with Crippen molar-refractivity contribution in [1.29, 1.82) is 0 Å². The van der Waals surface area contributed by atoms with Crippen LogP contribution in [0.2, 0.25) is 15.1 Å². The standard InChI is InChI=1S/C7H4ClFO2.C7H6ClFO.C7H4ClFO/c8-4-1-2-5(7(10)11)6(9)3-4;2*8-6-2-1-5(4-10)7(9)3-6/h1-3H,(H,10,11);1-3,10H,4H2;1-4H. The molecule has 0 aliphatic heterocycles. The minimum absolute atomic E-state index is 0.0319. The van der Waals surface area contributed by atoms with Crippen molar-refractivity contribution in [2.45, 2.75) is 6.61 Å². The van der Waals surface area contributed by atoms with Crippen LogP contribution in [0.3, 0.4) is 0 Å². The van der Waals surface area contributed by atoms with Crippen LogP contribution in [0, 0.1) is 17.5 Å². The van der Waals surface area contributed by atoms with E-state index in [1.165, 1.54) is 36.4 Å². The lowest BCUT2D eigenvalue weighted by molar-refractivity contribution is 0.0691. The van der Waals surface area contributed by atoms with Gasteiger partial charge in [0.2, 0.25) is 0 Å². The van der Waals surface area contributed by atoms with Crippen LogP contribution in [-0.4, -0.2) is 22.5 Å². The molecule has 31 heavy (non-hydrogen) atoms. The molecule has 4 nitrogen and oxygen atoms in total. The molecule has 0 heterocycles. The Morgan fingerprint density at radius 1 is 0.806 bits per heavy atom. The molecule has 0 aromatic heterocycles. The molecule has 0 saturated heterocycles. The number of carbonyl (C=O) groups is 2. The third-order valence-electron chi connectivity index (χ3n) is 3.44. The Kier molecular flexibility index (Phi) is 11.1. The molecule has 0 amide bonds. The van der Waals surface area contributed by atoms with Crippen molar-refractivity contribution < 1.29 is 33.0 Å². The first-order chi connectivity index (χ1) is 14.6. The molecule has 0 bridgehead atoms. The third kappa shape index (κ3) is 8.98. The maximum absolute atomic E-state index is 12.6. The van der Waals surface area contributed by atoms with Crippen LogP contribution in [0.4, 0.5) is 13.2 Å². The predicted molar refractivity (Wildman–Crippen MR) is 112 cm³/mol. The average molecular weight is 494 g/mol. The molecule has 10 heteroatoms. The van der Waals surface area contributed by atoms with Gasteiger partial charge in [0.25, 0.3) is 0 Å². The molecule has 0 unspecified atom stereocenters. The van der Waals surface area contributed by atoms with E-state index in [0.717, 1.165) is 18.2 Å². The highest BCUT2D eigenvalue weighted by atomic mass is 35.5. The van der Waals surface area contributed by atoms with Crippen LogP contribution in [0.25, 0.3) is 0 Å². The highest BCUT2D eigenvalue weighted by Gasteiger charge is 2.08. The van der Waals surface area contributed by atoms with Gasteiger partial charge in [0.15, 0.2) is 6.29 Å². The summed E-state index contributed by atoms with van der Waals surface area (Å²) in [5, 5.41) is 17.7. The average Bonchev–Trinajstić information content (AvgIpc) is 2.69. The second-order valence-corrected chi connectivity index (χ2v) is 6.92. The zero-order valence-corrected chi connectivity index (χ0v) is 17.7. The van der Waals surface area contributed by atoms with E-state index in [2.05, 4.69) is 0 Å². The van der Waals surface area contributed by atoms with Crippen LogP contribution in [0.15, 0.2) is 54.6 Å². The number of carbonyl (C=O) groups excluding carboxylic acids is 1. The van der Waals surface area contributed by atoms with Gasteiger partial charge in [0.05, 0.1) is 17.7 Å². The predicted octanol–water partition coefficient (Wildman–Crippen LogP) is 6.44. The molecular weight excluding hydrogens is 480 g/mol. The lowest BCUT2D eigenvalue weighted by atomic mass is 10.2. The summed E-state index contributed by atoms with van der Waals surface area (Å²) in [6.45, 7) is -0.289. The van der Waals surface area contributed by atoms with E-state index in [-0.39, 0.29) is 28.3 Å². The molecule has 164 valence electrons. The van der Waals surface area contributed by atoms with Gasteiger partial charge in [-0.05, 0) is 48.5 Å². The Morgan fingerprint density at radius 3 is 1.71 bits per heavy atom. The minimum atomic E-state index is -1.29. The minimum Gasteiger partial charge on any atom is -0.478 e. The van der Waals surface area contributed by atoms with Gasteiger partial charge in [-0.2, -0.15) is 0 Å². The van der Waals surface area contributed by atoms with Crippen LogP contribution in [0.1, 0.15) is 26.3 Å². The van der Waals surface area contributed by atoms with E-state index in [4.69, 9.17) is 45.0 Å². The van der Waals surface area contributed by atoms with Crippen LogP contribution in [0.5, 0.6) is 0 Å². The number of aliphatic hydroxyl groups is 1. The van der Waals surface area contributed by atoms with Gasteiger partial charge in [0, 0.05) is 20.6 Å². The molecule has 0 aliphatic carbocycles. The van der Waals surface area contributed by atoms with Gasteiger partial charge in [-0.3, -0.25) is 4.79 Å². The number of aliphatic hydroxyl groups excluding tert-OH is 1. The van der Waals surface area contributed by atoms with Crippen LogP contribution >= 0.6 is 34.8 Å². The Morgan fingerprint density at radius 2 is 1.29 bits per heavy atom. The van der Waals surface area contributed by atoms with Gasteiger partial charge >= 0.3 is 5.97 Å². The molecule has 2 N–H and O–H groups in total. The Bertz CT molecular complexity index is 1060. The van der Waals surface area contributed by atoms with Crippen molar-refractivity contribution in [2.75, 3.05) is 0 Å². The summed E-state index contributed by atoms with van der Waals surface area (Å²) >= 11 is 16.3. The first-order valence-corrected chi connectivity index (χ1v) is 9.35. The second kappa shape index (κ2) is 13.0. The fourth-order valence-electron chi connectivity index (χ4n) is 1.91. The smallest absolute Gasteiger partial charge is 0.338 e. The Hall–Kier alpha value is -2.58. The Balaban J connectivity index is 0.000000233. The maximum Gasteiger partial charge on any atom is 0.338 e. The SMILES string of the molecule is O=C(O)c1ccc(Cl)cc1F.O=Cc1ccc(Cl)cc1F.OCc1ccc(Cl)cc1F. The second-order valence-electron chi connectivity index (χ2n) is 5.61. The van der Waals surface area contributed by atoms with E-state index < -0.39 is 23.4 Å².